The minimum absolute atomic E-state index is 0.0890. The summed E-state index contributed by atoms with van der Waals surface area (Å²) in [6.07, 6.45) is 6.54. The molecule has 6 heteroatoms. The lowest BCUT2D eigenvalue weighted by Crippen LogP contribution is -2.18. The van der Waals surface area contributed by atoms with Gasteiger partial charge in [0.05, 0.1) is 23.7 Å². The van der Waals surface area contributed by atoms with E-state index in [1.807, 2.05) is 60.7 Å². The number of hydrogen-bond acceptors (Lipinski definition) is 4. The number of carbonyl (C=O) groups is 1. The van der Waals surface area contributed by atoms with Crippen molar-refractivity contribution >= 4 is 29.6 Å². The number of hydrogen-bond donors (Lipinski definition) is 1. The van der Waals surface area contributed by atoms with Gasteiger partial charge < -0.3 is 0 Å². The van der Waals surface area contributed by atoms with Gasteiger partial charge in [0.15, 0.2) is 0 Å². The SMILES string of the molecule is O=C(N/N=C/c1ccc(N2N=C(/C=C/c3ccccc3)CC2c2ccccc2)cc1)c1ccc(F)cc1. The molecule has 0 aliphatic carbocycles. The van der Waals surface area contributed by atoms with E-state index in [2.05, 4.69) is 52.0 Å². The Morgan fingerprint density at radius 2 is 1.51 bits per heavy atom. The zero-order valence-electron chi connectivity index (χ0n) is 20.0. The highest BCUT2D eigenvalue weighted by molar-refractivity contribution is 6.01. The van der Waals surface area contributed by atoms with Crippen LogP contribution in [0, 0.1) is 5.82 Å². The lowest BCUT2D eigenvalue weighted by Gasteiger charge is -2.24. The summed E-state index contributed by atoms with van der Waals surface area (Å²) in [4.78, 5) is 12.1. The molecular formula is C31H25FN4O. The Morgan fingerprint density at radius 1 is 0.838 bits per heavy atom. The van der Waals surface area contributed by atoms with Crippen LogP contribution in [0.2, 0.25) is 0 Å². The summed E-state index contributed by atoms with van der Waals surface area (Å²) in [7, 11) is 0. The van der Waals surface area contributed by atoms with E-state index in [0.29, 0.717) is 5.56 Å². The highest BCUT2D eigenvalue weighted by Crippen LogP contribution is 2.35. The van der Waals surface area contributed by atoms with Gasteiger partial charge in [-0.3, -0.25) is 9.80 Å². The average Bonchev–Trinajstić information content (AvgIpc) is 3.38. The summed E-state index contributed by atoms with van der Waals surface area (Å²) in [5.74, 6) is -0.794. The quantitative estimate of drug-likeness (QED) is 0.235. The molecule has 5 nitrogen and oxygen atoms in total. The van der Waals surface area contributed by atoms with Gasteiger partial charge in [0.1, 0.15) is 5.82 Å². The van der Waals surface area contributed by atoms with Crippen LogP contribution >= 0.6 is 0 Å². The van der Waals surface area contributed by atoms with E-state index in [4.69, 9.17) is 5.10 Å². The predicted octanol–water partition coefficient (Wildman–Crippen LogP) is 6.61. The van der Waals surface area contributed by atoms with Gasteiger partial charge in [-0.25, -0.2) is 9.82 Å². The first-order valence-corrected chi connectivity index (χ1v) is 12.0. The smallest absolute Gasteiger partial charge is 0.267 e. The van der Waals surface area contributed by atoms with Crippen LogP contribution in [0.25, 0.3) is 6.08 Å². The number of allylic oxidation sites excluding steroid dienone is 1. The third kappa shape index (κ3) is 6.05. The minimum atomic E-state index is -0.402. The number of benzene rings is 4. The number of rotatable bonds is 7. The van der Waals surface area contributed by atoms with E-state index in [0.717, 1.165) is 28.9 Å². The standard InChI is InChI=1S/C31H25FN4O/c32-27-16-14-26(15-17-27)31(37)34-33-22-24-12-19-29(20-13-24)36-30(25-9-5-2-6-10-25)21-28(35-36)18-11-23-7-3-1-4-8-23/h1-20,22,30H,21H2,(H,34,37)/b18-11+,33-22+. The molecule has 0 bridgehead atoms. The van der Waals surface area contributed by atoms with Gasteiger partial charge >= 0.3 is 0 Å². The van der Waals surface area contributed by atoms with Crippen molar-refractivity contribution in [2.75, 3.05) is 5.01 Å². The molecule has 1 aliphatic rings. The van der Waals surface area contributed by atoms with Gasteiger partial charge in [0.2, 0.25) is 0 Å². The van der Waals surface area contributed by atoms with Crippen LogP contribution in [0.15, 0.2) is 125 Å². The van der Waals surface area contributed by atoms with Crippen molar-refractivity contribution in [1.82, 2.24) is 5.43 Å². The molecule has 1 unspecified atom stereocenters. The molecule has 0 saturated carbocycles. The predicted molar refractivity (Wildman–Crippen MR) is 147 cm³/mol. The molecule has 0 spiro atoms. The van der Waals surface area contributed by atoms with Gasteiger partial charge in [0, 0.05) is 12.0 Å². The van der Waals surface area contributed by atoms with Gasteiger partial charge in [-0.1, -0.05) is 78.9 Å². The highest BCUT2D eigenvalue weighted by atomic mass is 19.1. The maximum absolute atomic E-state index is 13.0. The number of anilines is 1. The van der Waals surface area contributed by atoms with E-state index < -0.39 is 11.7 Å². The van der Waals surface area contributed by atoms with Gasteiger partial charge in [0.25, 0.3) is 5.91 Å². The molecule has 5 rings (SSSR count). The van der Waals surface area contributed by atoms with Crippen molar-refractivity contribution in [2.45, 2.75) is 12.5 Å². The second kappa shape index (κ2) is 11.3. The zero-order valence-corrected chi connectivity index (χ0v) is 20.0. The largest absolute Gasteiger partial charge is 0.271 e. The molecule has 0 radical (unpaired) electrons. The summed E-state index contributed by atoms with van der Waals surface area (Å²) in [6.45, 7) is 0. The summed E-state index contributed by atoms with van der Waals surface area (Å²) in [5, 5.41) is 11.0. The number of nitrogens with zero attached hydrogens (tertiary/aromatic N) is 3. The Morgan fingerprint density at radius 3 is 2.22 bits per heavy atom. The number of carbonyl (C=O) groups excluding carboxylic acids is 1. The normalized spacial score (nSPS) is 15.3. The summed E-state index contributed by atoms with van der Waals surface area (Å²) in [5.41, 5.74) is 7.93. The van der Waals surface area contributed by atoms with Crippen LogP contribution in [0.3, 0.4) is 0 Å². The maximum atomic E-state index is 13.0. The van der Waals surface area contributed by atoms with Gasteiger partial charge in [-0.2, -0.15) is 10.2 Å². The number of halogens is 1. The Bertz CT molecular complexity index is 1430. The van der Waals surface area contributed by atoms with Crippen LogP contribution in [0.5, 0.6) is 0 Å². The van der Waals surface area contributed by atoms with Crippen LogP contribution < -0.4 is 10.4 Å². The fraction of sp³-hybridized carbons (Fsp3) is 0.0645. The zero-order chi connectivity index (χ0) is 25.5. The first-order valence-electron chi connectivity index (χ1n) is 12.0. The van der Waals surface area contributed by atoms with E-state index in [1.165, 1.54) is 29.8 Å². The summed E-state index contributed by atoms with van der Waals surface area (Å²) < 4.78 is 13.0. The summed E-state index contributed by atoms with van der Waals surface area (Å²) in [6, 6.07) is 33.8. The molecule has 0 saturated heterocycles. The van der Waals surface area contributed by atoms with E-state index in [-0.39, 0.29) is 6.04 Å². The monoisotopic (exact) mass is 488 g/mol. The molecule has 182 valence electrons. The first kappa shape index (κ1) is 23.9. The number of nitrogens with one attached hydrogen (secondary N) is 1. The minimum Gasteiger partial charge on any atom is -0.267 e. The molecular weight excluding hydrogens is 463 g/mol. The number of amides is 1. The molecule has 1 heterocycles. The lowest BCUT2D eigenvalue weighted by atomic mass is 10.0. The van der Waals surface area contributed by atoms with Crippen molar-refractivity contribution in [2.24, 2.45) is 10.2 Å². The molecule has 1 atom stereocenters. The molecule has 4 aromatic carbocycles. The average molecular weight is 489 g/mol. The van der Waals surface area contributed by atoms with Crippen molar-refractivity contribution < 1.29 is 9.18 Å². The van der Waals surface area contributed by atoms with E-state index >= 15 is 0 Å². The van der Waals surface area contributed by atoms with Crippen LogP contribution in [0.1, 0.15) is 39.5 Å². The second-order valence-electron chi connectivity index (χ2n) is 8.61. The third-order valence-corrected chi connectivity index (χ3v) is 6.03. The van der Waals surface area contributed by atoms with E-state index in [1.54, 1.807) is 6.21 Å². The second-order valence-corrected chi connectivity index (χ2v) is 8.61. The third-order valence-electron chi connectivity index (χ3n) is 6.03. The first-order chi connectivity index (χ1) is 18.2. The fourth-order valence-electron chi connectivity index (χ4n) is 4.11. The summed E-state index contributed by atoms with van der Waals surface area (Å²) >= 11 is 0. The molecule has 37 heavy (non-hydrogen) atoms. The van der Waals surface area contributed by atoms with Crippen molar-refractivity contribution in [1.29, 1.82) is 0 Å². The molecule has 0 fully saturated rings. The maximum Gasteiger partial charge on any atom is 0.271 e. The Hall–Kier alpha value is -4.84. The molecule has 0 aromatic heterocycles. The van der Waals surface area contributed by atoms with Gasteiger partial charge in [-0.05, 0) is 59.2 Å². The topological polar surface area (TPSA) is 57.1 Å². The van der Waals surface area contributed by atoms with Crippen LogP contribution in [0.4, 0.5) is 10.1 Å². The Kier molecular flexibility index (Phi) is 7.27. The van der Waals surface area contributed by atoms with Crippen LogP contribution in [-0.2, 0) is 0 Å². The van der Waals surface area contributed by atoms with Crippen molar-refractivity contribution in [3.8, 4) is 0 Å². The molecule has 4 aromatic rings. The Labute approximate surface area is 215 Å². The highest BCUT2D eigenvalue weighted by Gasteiger charge is 2.28. The van der Waals surface area contributed by atoms with Crippen molar-refractivity contribution in [3.63, 3.8) is 0 Å². The number of hydrazone groups is 2. The Balaban J connectivity index is 1.31. The lowest BCUT2D eigenvalue weighted by molar-refractivity contribution is 0.0955. The van der Waals surface area contributed by atoms with Crippen molar-refractivity contribution in [3.05, 3.63) is 143 Å². The van der Waals surface area contributed by atoms with E-state index in [9.17, 15) is 9.18 Å². The van der Waals surface area contributed by atoms with Crippen LogP contribution in [-0.4, -0.2) is 17.8 Å². The fourth-order valence-corrected chi connectivity index (χ4v) is 4.11. The van der Waals surface area contributed by atoms with Gasteiger partial charge in [-0.15, -0.1) is 0 Å². The molecule has 1 aliphatic heterocycles. The molecule has 1 N–H and O–H groups in total. The molecule has 1 amide bonds.